The molecule has 0 saturated carbocycles. The summed E-state index contributed by atoms with van der Waals surface area (Å²) in [6, 6.07) is 0. The van der Waals surface area contributed by atoms with Crippen molar-refractivity contribution in [3.63, 3.8) is 0 Å². The largest absolute Gasteiger partial charge is 0.366 e. The van der Waals surface area contributed by atoms with Crippen molar-refractivity contribution in [2.75, 3.05) is 0 Å². The van der Waals surface area contributed by atoms with Crippen LogP contribution >= 0.6 is 0 Å². The van der Waals surface area contributed by atoms with Gasteiger partial charge >= 0.3 is 0 Å². The minimum atomic E-state index is 0.153. The van der Waals surface area contributed by atoms with Crippen molar-refractivity contribution in [1.82, 2.24) is 0 Å². The van der Waals surface area contributed by atoms with Crippen LogP contribution in [0.5, 0.6) is 0 Å². The fourth-order valence-electron chi connectivity index (χ4n) is 3.18. The van der Waals surface area contributed by atoms with Crippen LogP contribution in [-0.4, -0.2) is 11.7 Å². The van der Waals surface area contributed by atoms with E-state index in [4.69, 9.17) is 4.74 Å². The molecule has 1 heterocycles. The average Bonchev–Trinajstić information content (AvgIpc) is 3.06. The van der Waals surface area contributed by atoms with Crippen LogP contribution in [0.2, 0.25) is 0 Å². The van der Waals surface area contributed by atoms with Gasteiger partial charge in [-0.3, -0.25) is 0 Å². The number of epoxide rings is 1. The van der Waals surface area contributed by atoms with Crippen LogP contribution in [0.1, 0.15) is 73.1 Å². The Morgan fingerprint density at radius 1 is 1.10 bits per heavy atom. The average molecular weight is 288 g/mol. The highest BCUT2D eigenvalue weighted by Crippen LogP contribution is 2.43. The second-order valence-electron chi connectivity index (χ2n) is 7.46. The fourth-order valence-corrected chi connectivity index (χ4v) is 3.18. The third-order valence-corrected chi connectivity index (χ3v) is 5.10. The van der Waals surface area contributed by atoms with Crippen LogP contribution < -0.4 is 0 Å². The van der Waals surface area contributed by atoms with Crippen molar-refractivity contribution in [2.45, 2.75) is 84.8 Å². The summed E-state index contributed by atoms with van der Waals surface area (Å²) in [7, 11) is 0. The van der Waals surface area contributed by atoms with Gasteiger partial charge in [0.25, 0.3) is 0 Å². The summed E-state index contributed by atoms with van der Waals surface area (Å²) in [5.74, 6) is 0.643. The molecule has 1 heteroatoms. The highest BCUT2D eigenvalue weighted by Gasteiger charge is 2.50. The first-order valence-corrected chi connectivity index (χ1v) is 8.60. The monoisotopic (exact) mass is 288 g/mol. The Bertz CT molecular complexity index is 452. The van der Waals surface area contributed by atoms with Gasteiger partial charge in [-0.05, 0) is 65.2 Å². The second-order valence-corrected chi connectivity index (χ2v) is 7.46. The molecule has 0 N–H and O–H groups in total. The second kappa shape index (κ2) is 6.96. The van der Waals surface area contributed by atoms with Gasteiger partial charge in [-0.15, -0.1) is 0 Å². The van der Waals surface area contributed by atoms with Crippen LogP contribution in [0.25, 0.3) is 0 Å². The molecular weight excluding hydrogens is 256 g/mol. The molecule has 1 aliphatic heterocycles. The molecule has 0 unspecified atom stereocenters. The van der Waals surface area contributed by atoms with Gasteiger partial charge in [0.1, 0.15) is 0 Å². The molecule has 0 bridgehead atoms. The third-order valence-electron chi connectivity index (χ3n) is 5.10. The van der Waals surface area contributed by atoms with Crippen molar-refractivity contribution < 1.29 is 4.74 Å². The smallest absolute Gasteiger partial charge is 0.0923 e. The van der Waals surface area contributed by atoms with Crippen LogP contribution in [0.4, 0.5) is 0 Å². The summed E-state index contributed by atoms with van der Waals surface area (Å²) < 4.78 is 5.95. The van der Waals surface area contributed by atoms with E-state index in [-0.39, 0.29) is 5.60 Å². The van der Waals surface area contributed by atoms with E-state index in [0.29, 0.717) is 12.0 Å². The minimum absolute atomic E-state index is 0.153. The lowest BCUT2D eigenvalue weighted by molar-refractivity contribution is 0.295. The van der Waals surface area contributed by atoms with Crippen LogP contribution in [0.15, 0.2) is 34.9 Å². The lowest BCUT2D eigenvalue weighted by atomic mass is 9.92. The summed E-state index contributed by atoms with van der Waals surface area (Å²) >= 11 is 0. The minimum Gasteiger partial charge on any atom is -0.366 e. The maximum atomic E-state index is 5.95. The topological polar surface area (TPSA) is 12.5 Å². The maximum Gasteiger partial charge on any atom is 0.0923 e. The first kappa shape index (κ1) is 16.5. The van der Waals surface area contributed by atoms with Crippen molar-refractivity contribution in [3.05, 3.63) is 34.9 Å². The van der Waals surface area contributed by atoms with Gasteiger partial charge in [0.05, 0.1) is 11.7 Å². The van der Waals surface area contributed by atoms with Gasteiger partial charge in [-0.25, -0.2) is 0 Å². The first-order valence-electron chi connectivity index (χ1n) is 8.60. The Morgan fingerprint density at radius 2 is 1.86 bits per heavy atom. The number of hydrogen-bond acceptors (Lipinski definition) is 1. The van der Waals surface area contributed by atoms with Crippen molar-refractivity contribution in [1.29, 1.82) is 0 Å². The Hall–Kier alpha value is -0.820. The third kappa shape index (κ3) is 4.85. The zero-order chi connectivity index (χ0) is 15.5. The van der Waals surface area contributed by atoms with Gasteiger partial charge < -0.3 is 4.74 Å². The first-order chi connectivity index (χ1) is 9.90. The lowest BCUT2D eigenvalue weighted by Gasteiger charge is -2.12. The van der Waals surface area contributed by atoms with E-state index in [1.54, 1.807) is 5.57 Å². The predicted octanol–water partition coefficient (Wildman–Crippen LogP) is 5.97. The zero-order valence-corrected chi connectivity index (χ0v) is 14.5. The van der Waals surface area contributed by atoms with Gasteiger partial charge in [0, 0.05) is 0 Å². The molecule has 2 aliphatic rings. The highest BCUT2D eigenvalue weighted by atomic mass is 16.6. The Labute approximate surface area is 131 Å². The predicted molar refractivity (Wildman–Crippen MR) is 91.4 cm³/mol. The molecule has 1 aliphatic carbocycles. The summed E-state index contributed by atoms with van der Waals surface area (Å²) in [4.78, 5) is 0. The van der Waals surface area contributed by atoms with Gasteiger partial charge in [0.2, 0.25) is 0 Å². The lowest BCUT2D eigenvalue weighted by Crippen LogP contribution is -2.09. The van der Waals surface area contributed by atoms with E-state index in [1.165, 1.54) is 36.8 Å². The van der Waals surface area contributed by atoms with E-state index >= 15 is 0 Å². The van der Waals surface area contributed by atoms with E-state index < -0.39 is 0 Å². The highest BCUT2D eigenvalue weighted by molar-refractivity contribution is 5.20. The Morgan fingerprint density at radius 3 is 2.57 bits per heavy atom. The van der Waals surface area contributed by atoms with E-state index in [2.05, 4.69) is 52.8 Å². The van der Waals surface area contributed by atoms with Gasteiger partial charge in [0.15, 0.2) is 0 Å². The molecule has 2 atom stereocenters. The van der Waals surface area contributed by atoms with Crippen molar-refractivity contribution in [2.24, 2.45) is 5.92 Å². The normalized spacial score (nSPS) is 39.1. The summed E-state index contributed by atoms with van der Waals surface area (Å²) in [6.07, 6.45) is 14.7. The quantitative estimate of drug-likeness (QED) is 0.427. The van der Waals surface area contributed by atoms with Crippen LogP contribution in [0.3, 0.4) is 0 Å². The van der Waals surface area contributed by atoms with Crippen molar-refractivity contribution in [3.8, 4) is 0 Å². The summed E-state index contributed by atoms with van der Waals surface area (Å²) in [5, 5.41) is 0. The summed E-state index contributed by atoms with van der Waals surface area (Å²) in [5.41, 5.74) is 4.74. The van der Waals surface area contributed by atoms with E-state index in [9.17, 15) is 0 Å². The Kier molecular flexibility index (Phi) is 5.48. The van der Waals surface area contributed by atoms with Crippen LogP contribution in [-0.2, 0) is 4.74 Å². The molecule has 0 aromatic rings. The molecule has 1 fully saturated rings. The molecule has 0 spiro atoms. The maximum absolute atomic E-state index is 5.95. The number of fused-ring (bicyclic) bond motifs is 1. The molecule has 0 radical (unpaired) electrons. The summed E-state index contributed by atoms with van der Waals surface area (Å²) in [6.45, 7) is 11.4. The molecule has 118 valence electrons. The molecule has 0 aromatic heterocycles. The molecular formula is C20H32O. The van der Waals surface area contributed by atoms with E-state index in [1.807, 2.05) is 0 Å². The number of hydrogen-bond donors (Lipinski definition) is 0. The molecule has 21 heavy (non-hydrogen) atoms. The van der Waals surface area contributed by atoms with E-state index in [0.717, 1.165) is 12.8 Å². The fraction of sp³-hybridized carbons (Fsp3) is 0.700. The SMILES string of the molecule is C/C1=C/CC[C@@]2(C)O[C@H]2CC/C(C)=C/C=C(/C(C)C)CC1. The molecule has 0 amide bonds. The number of allylic oxidation sites excluding steroid dienone is 6. The van der Waals surface area contributed by atoms with Crippen LogP contribution in [0, 0.1) is 5.92 Å². The Balaban J connectivity index is 2.11. The number of rotatable bonds is 1. The number of ether oxygens (including phenoxy) is 1. The molecule has 1 saturated heterocycles. The molecule has 2 rings (SSSR count). The zero-order valence-electron chi connectivity index (χ0n) is 14.5. The van der Waals surface area contributed by atoms with Gasteiger partial charge in [-0.2, -0.15) is 0 Å². The standard InChI is InChI=1S/C20H32O/c1-15(2)18-11-8-16(3)7-6-14-20(5)19(21-20)13-10-17(4)9-12-18/h7,9,12,15,19H,6,8,10-11,13-14H2,1-5H3/b16-7-,17-9+,18-12+/t19-,20+/m0/s1. The van der Waals surface area contributed by atoms with Gasteiger partial charge in [-0.1, -0.05) is 48.8 Å². The molecule has 0 aromatic carbocycles. The van der Waals surface area contributed by atoms with Crippen molar-refractivity contribution >= 4 is 0 Å². The molecule has 1 nitrogen and oxygen atoms in total.